The molecule has 0 amide bonds. The molecule has 2 aromatic carbocycles. The van der Waals surface area contributed by atoms with Gasteiger partial charge < -0.3 is 0 Å². The van der Waals surface area contributed by atoms with Gasteiger partial charge in [-0.3, -0.25) is 9.89 Å². The van der Waals surface area contributed by atoms with E-state index in [1.54, 1.807) is 6.07 Å². The Morgan fingerprint density at radius 1 is 0.917 bits per heavy atom. The molecule has 4 aromatic rings. The minimum absolute atomic E-state index is 0.174. The molecule has 0 aliphatic heterocycles. The molecule has 0 saturated carbocycles. The summed E-state index contributed by atoms with van der Waals surface area (Å²) < 4.78 is 1.42. The van der Waals surface area contributed by atoms with Crippen LogP contribution in [0.25, 0.3) is 16.7 Å². The van der Waals surface area contributed by atoms with Gasteiger partial charge in [0.2, 0.25) is 0 Å². The van der Waals surface area contributed by atoms with Crippen molar-refractivity contribution in [2.24, 2.45) is 0 Å². The Kier molecular flexibility index (Phi) is 3.67. The van der Waals surface area contributed by atoms with Gasteiger partial charge in [0.15, 0.2) is 0 Å². The molecule has 118 valence electrons. The number of aromatic amines is 1. The maximum absolute atomic E-state index is 12.3. The van der Waals surface area contributed by atoms with Crippen LogP contribution in [0.2, 0.25) is 0 Å². The second kappa shape index (κ2) is 6.12. The lowest BCUT2D eigenvalue weighted by Crippen LogP contribution is -2.20. The third kappa shape index (κ3) is 2.72. The predicted molar refractivity (Wildman–Crippen MR) is 93.3 cm³/mol. The highest BCUT2D eigenvalue weighted by Gasteiger charge is 2.11. The van der Waals surface area contributed by atoms with Crippen LogP contribution in [0.4, 0.5) is 0 Å². The van der Waals surface area contributed by atoms with Crippen LogP contribution >= 0.6 is 0 Å². The number of nitrogens with one attached hydrogen (secondary N) is 1. The summed E-state index contributed by atoms with van der Waals surface area (Å²) in [6.07, 6.45) is 1.65. The fraction of sp³-hybridized carbons (Fsp3) is 0.105. The van der Waals surface area contributed by atoms with Gasteiger partial charge >= 0.3 is 0 Å². The van der Waals surface area contributed by atoms with Crippen LogP contribution < -0.4 is 5.56 Å². The fourth-order valence-corrected chi connectivity index (χ4v) is 2.77. The van der Waals surface area contributed by atoms with E-state index in [-0.39, 0.29) is 5.56 Å². The molecule has 0 fully saturated rings. The molecule has 0 radical (unpaired) electrons. The number of hydrogen-bond acceptors (Lipinski definition) is 3. The van der Waals surface area contributed by atoms with Crippen molar-refractivity contribution in [3.05, 3.63) is 88.3 Å². The van der Waals surface area contributed by atoms with E-state index in [0.29, 0.717) is 5.52 Å². The number of hydrogen-bond donors (Lipinski definition) is 1. The molecule has 0 unspecified atom stereocenters. The SMILES string of the molecule is O=c1cc2[nH]nc(CCc3ccccc3)c2nn1-c1ccccc1. The van der Waals surface area contributed by atoms with E-state index in [1.165, 1.54) is 10.2 Å². The highest BCUT2D eigenvalue weighted by molar-refractivity contribution is 5.76. The number of fused-ring (bicyclic) bond motifs is 1. The summed E-state index contributed by atoms with van der Waals surface area (Å²) in [5.74, 6) is 0. The standard InChI is InChI=1S/C19H16N4O/c24-18-13-17-19(22-23(18)15-9-5-2-6-10-15)16(20-21-17)12-11-14-7-3-1-4-8-14/h1-10,13,21H,11-12H2. The van der Waals surface area contributed by atoms with E-state index in [2.05, 4.69) is 27.4 Å². The highest BCUT2D eigenvalue weighted by atomic mass is 16.1. The first kappa shape index (κ1) is 14.4. The van der Waals surface area contributed by atoms with Gasteiger partial charge in [-0.1, -0.05) is 48.5 Å². The number of H-pyrrole nitrogens is 1. The smallest absolute Gasteiger partial charge is 0.273 e. The molecular weight excluding hydrogens is 300 g/mol. The molecule has 1 N–H and O–H groups in total. The summed E-state index contributed by atoms with van der Waals surface area (Å²) in [4.78, 5) is 12.3. The summed E-state index contributed by atoms with van der Waals surface area (Å²) in [6, 6.07) is 21.2. The molecule has 4 rings (SSSR count). The largest absolute Gasteiger partial charge is 0.276 e. The zero-order chi connectivity index (χ0) is 16.4. The molecule has 5 heteroatoms. The molecule has 0 spiro atoms. The van der Waals surface area contributed by atoms with E-state index >= 15 is 0 Å². The van der Waals surface area contributed by atoms with Crippen molar-refractivity contribution >= 4 is 11.0 Å². The quantitative estimate of drug-likeness (QED) is 0.629. The predicted octanol–water partition coefficient (Wildman–Crippen LogP) is 2.89. The van der Waals surface area contributed by atoms with Crippen LogP contribution in [0.3, 0.4) is 0 Å². The van der Waals surface area contributed by atoms with Crippen molar-refractivity contribution in [2.75, 3.05) is 0 Å². The van der Waals surface area contributed by atoms with Gasteiger partial charge in [-0.25, -0.2) is 0 Å². The number of para-hydroxylation sites is 1. The van der Waals surface area contributed by atoms with E-state index in [4.69, 9.17) is 0 Å². The number of aromatic nitrogens is 4. The van der Waals surface area contributed by atoms with Crippen LogP contribution in [-0.4, -0.2) is 20.0 Å². The van der Waals surface area contributed by atoms with Crippen LogP contribution in [0.5, 0.6) is 0 Å². The summed E-state index contributed by atoms with van der Waals surface area (Å²) in [5.41, 5.74) is 4.12. The van der Waals surface area contributed by atoms with Gasteiger partial charge in [0, 0.05) is 6.07 Å². The summed E-state index contributed by atoms with van der Waals surface area (Å²) in [7, 11) is 0. The lowest BCUT2D eigenvalue weighted by atomic mass is 10.1. The summed E-state index contributed by atoms with van der Waals surface area (Å²) in [5, 5.41) is 11.8. The van der Waals surface area contributed by atoms with Crippen LogP contribution in [0.1, 0.15) is 11.3 Å². The summed E-state index contributed by atoms with van der Waals surface area (Å²) >= 11 is 0. The van der Waals surface area contributed by atoms with Crippen LogP contribution in [0.15, 0.2) is 71.5 Å². The van der Waals surface area contributed by atoms with E-state index in [1.807, 2.05) is 48.5 Å². The van der Waals surface area contributed by atoms with Gasteiger partial charge in [-0.05, 0) is 30.5 Å². The van der Waals surface area contributed by atoms with Crippen molar-refractivity contribution in [3.63, 3.8) is 0 Å². The molecule has 0 atom stereocenters. The van der Waals surface area contributed by atoms with Crippen molar-refractivity contribution in [1.82, 2.24) is 20.0 Å². The van der Waals surface area contributed by atoms with Gasteiger partial charge in [0.25, 0.3) is 5.56 Å². The number of rotatable bonds is 4. The van der Waals surface area contributed by atoms with Gasteiger partial charge in [-0.15, -0.1) is 0 Å². The van der Waals surface area contributed by atoms with Gasteiger partial charge in [0.05, 0.1) is 16.9 Å². The lowest BCUT2D eigenvalue weighted by molar-refractivity contribution is 0.824. The van der Waals surface area contributed by atoms with Gasteiger partial charge in [0.1, 0.15) is 5.52 Å². The van der Waals surface area contributed by atoms with Crippen LogP contribution in [0, 0.1) is 0 Å². The maximum Gasteiger partial charge on any atom is 0.273 e. The molecular formula is C19H16N4O. The normalized spacial score (nSPS) is 11.0. The van der Waals surface area contributed by atoms with E-state index in [0.717, 1.165) is 29.7 Å². The first-order chi connectivity index (χ1) is 11.8. The second-order valence-corrected chi connectivity index (χ2v) is 5.65. The molecule has 0 bridgehead atoms. The number of nitrogens with zero attached hydrogens (tertiary/aromatic N) is 3. The van der Waals surface area contributed by atoms with E-state index in [9.17, 15) is 4.79 Å². The van der Waals surface area contributed by atoms with E-state index < -0.39 is 0 Å². The minimum atomic E-state index is -0.174. The van der Waals surface area contributed by atoms with Crippen molar-refractivity contribution in [1.29, 1.82) is 0 Å². The maximum atomic E-state index is 12.3. The lowest BCUT2D eigenvalue weighted by Gasteiger charge is -2.04. The Morgan fingerprint density at radius 3 is 2.38 bits per heavy atom. The van der Waals surface area contributed by atoms with Crippen molar-refractivity contribution in [2.45, 2.75) is 12.8 Å². The van der Waals surface area contributed by atoms with Gasteiger partial charge in [-0.2, -0.15) is 14.9 Å². The monoisotopic (exact) mass is 316 g/mol. The van der Waals surface area contributed by atoms with Crippen molar-refractivity contribution in [3.8, 4) is 5.69 Å². The van der Waals surface area contributed by atoms with Crippen molar-refractivity contribution < 1.29 is 0 Å². The molecule has 5 nitrogen and oxygen atoms in total. The number of aryl methyl sites for hydroxylation is 2. The average Bonchev–Trinajstić information content (AvgIpc) is 3.02. The summed E-state index contributed by atoms with van der Waals surface area (Å²) in [6.45, 7) is 0. The highest BCUT2D eigenvalue weighted by Crippen LogP contribution is 2.15. The molecule has 24 heavy (non-hydrogen) atoms. The Labute approximate surface area is 138 Å². The first-order valence-corrected chi connectivity index (χ1v) is 7.88. The zero-order valence-corrected chi connectivity index (χ0v) is 13.0. The Bertz CT molecular complexity index is 1020. The Hall–Kier alpha value is -3.21. The number of benzene rings is 2. The Morgan fingerprint density at radius 2 is 1.62 bits per heavy atom. The average molecular weight is 316 g/mol. The minimum Gasteiger partial charge on any atom is -0.276 e. The zero-order valence-electron chi connectivity index (χ0n) is 13.0. The second-order valence-electron chi connectivity index (χ2n) is 5.65. The molecule has 2 heterocycles. The molecule has 2 aromatic heterocycles. The third-order valence-corrected chi connectivity index (χ3v) is 4.01. The topological polar surface area (TPSA) is 63.6 Å². The third-order valence-electron chi connectivity index (χ3n) is 4.01. The first-order valence-electron chi connectivity index (χ1n) is 7.88. The van der Waals surface area contributed by atoms with Crippen LogP contribution in [-0.2, 0) is 12.8 Å². The molecule has 0 aliphatic rings. The Balaban J connectivity index is 1.71. The molecule has 0 saturated heterocycles. The fourth-order valence-electron chi connectivity index (χ4n) is 2.77. The molecule has 0 aliphatic carbocycles.